The molecule has 1 saturated heterocycles. The van der Waals surface area contributed by atoms with Gasteiger partial charge in [-0.3, -0.25) is 9.62 Å². The van der Waals surface area contributed by atoms with Gasteiger partial charge in [-0.2, -0.15) is 0 Å². The van der Waals surface area contributed by atoms with Gasteiger partial charge in [-0.1, -0.05) is 6.07 Å². The van der Waals surface area contributed by atoms with E-state index in [1.807, 2.05) is 4.72 Å². The lowest BCUT2D eigenvalue weighted by atomic mass is 10.1. The highest BCUT2D eigenvalue weighted by molar-refractivity contribution is 7.92. The first-order valence-electron chi connectivity index (χ1n) is 15.6. The summed E-state index contributed by atoms with van der Waals surface area (Å²) in [6.45, 7) is 10.4. The van der Waals surface area contributed by atoms with E-state index in [0.717, 1.165) is 23.5 Å². The monoisotopic (exact) mass is 747 g/mol. The smallest absolute Gasteiger partial charge is 0.411 e. The number of thiazole rings is 1. The first-order chi connectivity index (χ1) is 23.7. The van der Waals surface area contributed by atoms with Crippen LogP contribution < -0.4 is 10.5 Å². The molecule has 3 heterocycles. The molecular formula is C33H36F3N7O6S2. The van der Waals surface area contributed by atoms with Crippen molar-refractivity contribution < 1.29 is 40.7 Å². The highest BCUT2D eigenvalue weighted by Gasteiger charge is 2.40. The van der Waals surface area contributed by atoms with Gasteiger partial charge in [0, 0.05) is 24.8 Å². The molecule has 5 rings (SSSR count). The molecule has 1 atom stereocenters. The van der Waals surface area contributed by atoms with Gasteiger partial charge >= 0.3 is 12.2 Å². The fraction of sp³-hybridized carbons (Fsp3) is 0.364. The third kappa shape index (κ3) is 8.68. The zero-order valence-electron chi connectivity index (χ0n) is 28.5. The van der Waals surface area contributed by atoms with E-state index in [2.05, 4.69) is 9.97 Å². The van der Waals surface area contributed by atoms with E-state index in [-0.39, 0.29) is 52.4 Å². The highest BCUT2D eigenvalue weighted by Crippen LogP contribution is 2.42. The van der Waals surface area contributed by atoms with Crippen LogP contribution in [0.5, 0.6) is 0 Å². The van der Waals surface area contributed by atoms with Gasteiger partial charge in [0.2, 0.25) is 5.95 Å². The average Bonchev–Trinajstić information content (AvgIpc) is 3.46. The molecule has 4 aromatic rings. The van der Waals surface area contributed by atoms with Crippen molar-refractivity contribution in [3.8, 4) is 21.8 Å². The molecule has 0 radical (unpaired) electrons. The number of nitrogens with one attached hydrogen (secondary N) is 1. The number of nitrogen functional groups attached to an aromatic ring is 1. The van der Waals surface area contributed by atoms with Crippen LogP contribution in [-0.4, -0.2) is 76.2 Å². The maximum atomic E-state index is 16.4. The highest BCUT2D eigenvalue weighted by atomic mass is 32.2. The summed E-state index contributed by atoms with van der Waals surface area (Å²) in [6, 6.07) is 6.25. The van der Waals surface area contributed by atoms with Crippen molar-refractivity contribution in [2.75, 3.05) is 30.1 Å². The Morgan fingerprint density at radius 2 is 1.65 bits per heavy atom. The second-order valence-corrected chi connectivity index (χ2v) is 16.2. The number of rotatable bonds is 6. The van der Waals surface area contributed by atoms with Gasteiger partial charge in [-0.15, -0.1) is 11.3 Å². The molecule has 3 N–H and O–H groups in total. The Balaban J connectivity index is 1.63. The molecule has 0 saturated carbocycles. The van der Waals surface area contributed by atoms with Crippen molar-refractivity contribution in [3.05, 3.63) is 71.1 Å². The molecule has 2 amide bonds. The zero-order chi connectivity index (χ0) is 37.5. The second kappa shape index (κ2) is 14.0. The molecule has 1 aliphatic rings. The minimum Gasteiger partial charge on any atom is -0.444 e. The van der Waals surface area contributed by atoms with Crippen LogP contribution in [0.3, 0.4) is 0 Å². The van der Waals surface area contributed by atoms with Gasteiger partial charge in [0.15, 0.2) is 5.82 Å². The molecule has 1 unspecified atom stereocenters. The van der Waals surface area contributed by atoms with Crippen LogP contribution in [0.1, 0.15) is 52.6 Å². The van der Waals surface area contributed by atoms with Crippen LogP contribution in [0.25, 0.3) is 21.8 Å². The van der Waals surface area contributed by atoms with Gasteiger partial charge < -0.3 is 20.1 Å². The summed E-state index contributed by atoms with van der Waals surface area (Å²) in [5, 5.41) is 0.253. The third-order valence-electron chi connectivity index (χ3n) is 7.18. The van der Waals surface area contributed by atoms with Crippen molar-refractivity contribution in [2.24, 2.45) is 0 Å². The molecule has 0 bridgehead atoms. The van der Waals surface area contributed by atoms with Crippen molar-refractivity contribution in [2.45, 2.75) is 63.7 Å². The van der Waals surface area contributed by atoms with Crippen LogP contribution in [0.15, 0.2) is 53.6 Å². The van der Waals surface area contributed by atoms with Crippen molar-refractivity contribution in [1.82, 2.24) is 24.8 Å². The number of aromatic nitrogens is 3. The van der Waals surface area contributed by atoms with Gasteiger partial charge in [0.1, 0.15) is 38.8 Å². The van der Waals surface area contributed by atoms with Crippen LogP contribution in [0.4, 0.5) is 34.4 Å². The van der Waals surface area contributed by atoms with E-state index in [0.29, 0.717) is 12.1 Å². The number of halogens is 3. The van der Waals surface area contributed by atoms with Gasteiger partial charge in [0.05, 0.1) is 28.5 Å². The summed E-state index contributed by atoms with van der Waals surface area (Å²) < 4.78 is 84.0. The lowest BCUT2D eigenvalue weighted by Crippen LogP contribution is -2.54. The number of amides is 2. The predicted octanol–water partition coefficient (Wildman–Crippen LogP) is 6.60. The topological polar surface area (TPSA) is 170 Å². The normalized spacial score (nSPS) is 15.4. The van der Waals surface area contributed by atoms with Crippen LogP contribution in [-0.2, 0) is 19.5 Å². The van der Waals surface area contributed by atoms with Crippen molar-refractivity contribution in [1.29, 1.82) is 0 Å². The predicted molar refractivity (Wildman–Crippen MR) is 184 cm³/mol. The molecule has 0 aliphatic carbocycles. The molecule has 1 fully saturated rings. The van der Waals surface area contributed by atoms with Gasteiger partial charge in [-0.25, -0.2) is 46.1 Å². The summed E-state index contributed by atoms with van der Waals surface area (Å²) in [7, 11) is -4.79. The fourth-order valence-corrected chi connectivity index (χ4v) is 7.34. The lowest BCUT2D eigenvalue weighted by Gasteiger charge is -2.41. The number of hydrogen-bond acceptors (Lipinski definition) is 11. The maximum absolute atomic E-state index is 16.4. The zero-order valence-corrected chi connectivity index (χ0v) is 30.2. The van der Waals surface area contributed by atoms with Crippen LogP contribution in [0, 0.1) is 17.5 Å². The van der Waals surface area contributed by atoms with Gasteiger partial charge in [0.25, 0.3) is 10.0 Å². The van der Waals surface area contributed by atoms with E-state index in [1.54, 1.807) is 41.5 Å². The van der Waals surface area contributed by atoms with Crippen molar-refractivity contribution >= 4 is 45.2 Å². The summed E-state index contributed by atoms with van der Waals surface area (Å²) in [5.74, 6) is -3.45. The Kier molecular flexibility index (Phi) is 10.2. The second-order valence-electron chi connectivity index (χ2n) is 13.5. The Morgan fingerprint density at radius 3 is 2.31 bits per heavy atom. The first kappa shape index (κ1) is 37.3. The summed E-state index contributed by atoms with van der Waals surface area (Å²) in [4.78, 5) is 41.7. The SMILES string of the molecule is CC(C)(C)OC(=O)N1CCN(C(=O)OC(C)(C)C)C(c2nc(-c3cccc(NS(=O)(=O)c4cc(F)ccc4F)c3F)c(-c3ccnc(N)n3)s2)C1. The minimum atomic E-state index is -4.79. The van der Waals surface area contributed by atoms with Gasteiger partial charge in [-0.05, 0) is 77.9 Å². The van der Waals surface area contributed by atoms with E-state index in [9.17, 15) is 26.8 Å². The summed E-state index contributed by atoms with van der Waals surface area (Å²) in [5.41, 5.74) is 3.67. The average molecular weight is 748 g/mol. The van der Waals surface area contributed by atoms with E-state index >= 15 is 4.39 Å². The number of anilines is 2. The molecule has 272 valence electrons. The number of hydrogen-bond donors (Lipinski definition) is 2. The summed E-state index contributed by atoms with van der Waals surface area (Å²) in [6.07, 6.45) is 0.0957. The lowest BCUT2D eigenvalue weighted by molar-refractivity contribution is -0.0152. The first-order valence-corrected chi connectivity index (χ1v) is 17.9. The number of piperazine rings is 1. The van der Waals surface area contributed by atoms with Crippen LogP contribution in [0.2, 0.25) is 0 Å². The number of nitrogens with zero attached hydrogens (tertiary/aromatic N) is 5. The molecule has 51 heavy (non-hydrogen) atoms. The largest absolute Gasteiger partial charge is 0.444 e. The molecule has 1 aliphatic heterocycles. The Labute approximate surface area is 296 Å². The number of sulfonamides is 1. The number of carbonyl (C=O) groups excluding carboxylic acids is 2. The van der Waals surface area contributed by atoms with E-state index in [4.69, 9.17) is 20.2 Å². The number of nitrogens with two attached hydrogens (primary N) is 1. The molecule has 13 nitrogen and oxygen atoms in total. The molecule has 2 aromatic carbocycles. The van der Waals surface area contributed by atoms with Crippen LogP contribution >= 0.6 is 11.3 Å². The van der Waals surface area contributed by atoms with E-state index in [1.165, 1.54) is 34.2 Å². The maximum Gasteiger partial charge on any atom is 0.411 e. The fourth-order valence-electron chi connectivity index (χ4n) is 5.04. The Hall–Kier alpha value is -4.97. The third-order valence-corrected chi connectivity index (χ3v) is 9.74. The molecule has 18 heteroatoms. The van der Waals surface area contributed by atoms with Crippen molar-refractivity contribution in [3.63, 3.8) is 0 Å². The molecular weight excluding hydrogens is 712 g/mol. The van der Waals surface area contributed by atoms with E-state index < -0.39 is 67.5 Å². The number of carbonyl (C=O) groups is 2. The Bertz CT molecular complexity index is 2080. The quantitative estimate of drug-likeness (QED) is 0.219. The number of ether oxygens (including phenoxy) is 2. The molecule has 0 spiro atoms. The standard InChI is InChI=1S/C33H36F3N7O6S2/c1-32(2,3)48-30(44)42-14-15-43(31(45)49-33(4,5)6)23(17-42)28-40-26(27(50-28)22-12-13-38-29(37)39-22)19-8-7-9-21(25(19)36)41-51(46,47)24-16-18(34)10-11-20(24)35/h7-13,16,23,41H,14-15,17H2,1-6H3,(H2,37,38,39). The number of benzene rings is 2. The molecule has 2 aromatic heterocycles. The summed E-state index contributed by atoms with van der Waals surface area (Å²) >= 11 is 1.04. The Morgan fingerprint density at radius 1 is 0.961 bits per heavy atom. The minimum absolute atomic E-state index is 0.0119.